The third kappa shape index (κ3) is 11.9. The molecule has 4 aliphatic heterocycles. The Kier molecular flexibility index (Phi) is 16.6. The second-order valence-corrected chi connectivity index (χ2v) is 21.1. The second kappa shape index (κ2) is 23.6. The number of nitrogens with zero attached hydrogens (tertiary/aromatic N) is 5. The van der Waals surface area contributed by atoms with Gasteiger partial charge in [0.2, 0.25) is 5.91 Å². The van der Waals surface area contributed by atoms with Gasteiger partial charge in [0, 0.05) is 106 Å². The Morgan fingerprint density at radius 3 is 1.39 bits per heavy atom. The maximum Gasteiger partial charge on any atom is 0.226 e. The molecule has 10 rings (SSSR count). The van der Waals surface area contributed by atoms with Crippen LogP contribution in [0.3, 0.4) is 0 Å². The number of hydrogen-bond donors (Lipinski definition) is 1. The Hall–Kier alpha value is -5.57. The Bertz CT molecular complexity index is 2480. The lowest BCUT2D eigenvalue weighted by molar-refractivity contribution is -0.119. The van der Waals surface area contributed by atoms with Crippen molar-refractivity contribution >= 4 is 17.3 Å². The molecule has 0 aliphatic carbocycles. The van der Waals surface area contributed by atoms with Gasteiger partial charge in [-0.05, 0) is 111 Å². The van der Waals surface area contributed by atoms with Gasteiger partial charge in [-0.1, -0.05) is 165 Å². The molecule has 6 aromatic carbocycles. The molecule has 0 bridgehead atoms. The molecule has 366 valence electrons. The highest BCUT2D eigenvalue weighted by atomic mass is 16.2. The summed E-state index contributed by atoms with van der Waals surface area (Å²) in [4.78, 5) is 26.3. The fourth-order valence-electron chi connectivity index (χ4n) is 12.9. The van der Waals surface area contributed by atoms with E-state index in [0.717, 1.165) is 83.3 Å². The molecule has 0 aromatic heterocycles. The largest absolute Gasteiger partial charge is 0.382 e. The minimum Gasteiger partial charge on any atom is -0.382 e. The summed E-state index contributed by atoms with van der Waals surface area (Å²) in [5.41, 5.74) is 8.20. The fourth-order valence-corrected chi connectivity index (χ4v) is 12.9. The van der Waals surface area contributed by atoms with Crippen LogP contribution in [0.1, 0.15) is 62.3 Å². The molecule has 1 N–H and O–H groups in total. The van der Waals surface area contributed by atoms with Crippen molar-refractivity contribution in [3.05, 3.63) is 204 Å². The number of carbonyl (C=O) groups is 1. The average Bonchev–Trinajstić information content (AvgIpc) is 3.97. The van der Waals surface area contributed by atoms with E-state index in [9.17, 15) is 4.79 Å². The van der Waals surface area contributed by atoms with Gasteiger partial charge in [0.15, 0.2) is 0 Å². The second-order valence-electron chi connectivity index (χ2n) is 21.1. The monoisotopic (exact) mass is 935 g/mol. The number of rotatable bonds is 17. The van der Waals surface area contributed by atoms with Gasteiger partial charge in [-0.2, -0.15) is 0 Å². The van der Waals surface area contributed by atoms with Crippen molar-refractivity contribution in [2.24, 2.45) is 22.7 Å². The van der Waals surface area contributed by atoms with Crippen LogP contribution in [0.2, 0.25) is 0 Å². The minimum absolute atomic E-state index is 0.0321. The van der Waals surface area contributed by atoms with Crippen molar-refractivity contribution in [2.75, 3.05) is 75.7 Å². The number of carbonyl (C=O) groups excluding carboxylic acids is 1. The summed E-state index contributed by atoms with van der Waals surface area (Å²) in [5, 5.41) is 3.90. The first kappa shape index (κ1) is 49.4. The Labute approximate surface area is 420 Å². The highest BCUT2D eigenvalue weighted by molar-refractivity contribution is 5.93. The molecule has 0 saturated carbocycles. The number of fused-ring (bicyclic) bond motifs is 2. The highest BCUT2D eigenvalue weighted by Gasteiger charge is 2.55. The summed E-state index contributed by atoms with van der Waals surface area (Å²) in [6, 6.07) is 65.3. The van der Waals surface area contributed by atoms with Crippen LogP contribution in [0.5, 0.6) is 0 Å². The van der Waals surface area contributed by atoms with Crippen LogP contribution < -0.4 is 10.2 Å². The minimum atomic E-state index is 0.0321. The SMILES string of the molecule is CC(Nc1ccccc1)C12CN(CCc3ccccc3)CCC1CN(Cc1ccccc1)C2.CCC(=O)N(c1ccccc1)C(C)C12CN(CCc3ccccc3)CCC1CN(Cc1ccccc1)C2. The molecule has 6 unspecified atom stereocenters. The molecule has 0 radical (unpaired) electrons. The molecule has 70 heavy (non-hydrogen) atoms. The molecule has 7 nitrogen and oxygen atoms in total. The summed E-state index contributed by atoms with van der Waals surface area (Å²) >= 11 is 0. The third-order valence-corrected chi connectivity index (χ3v) is 16.7. The molecule has 6 aromatic rings. The maximum absolute atomic E-state index is 13.4. The van der Waals surface area contributed by atoms with Crippen LogP contribution in [0.25, 0.3) is 0 Å². The highest BCUT2D eigenvalue weighted by Crippen LogP contribution is 2.48. The Balaban J connectivity index is 0.000000175. The van der Waals surface area contributed by atoms with E-state index in [4.69, 9.17) is 0 Å². The Morgan fingerprint density at radius 2 is 0.914 bits per heavy atom. The topological polar surface area (TPSA) is 45.3 Å². The number of amides is 1. The van der Waals surface area contributed by atoms with Gasteiger partial charge in [-0.25, -0.2) is 0 Å². The first-order chi connectivity index (χ1) is 34.3. The summed E-state index contributed by atoms with van der Waals surface area (Å²) in [6.07, 6.45) is 5.20. The van der Waals surface area contributed by atoms with Crippen LogP contribution in [-0.4, -0.2) is 103 Å². The van der Waals surface area contributed by atoms with E-state index in [1.165, 1.54) is 60.4 Å². The molecule has 1 amide bonds. The predicted octanol–water partition coefficient (Wildman–Crippen LogP) is 11.4. The van der Waals surface area contributed by atoms with Crippen molar-refractivity contribution in [3.8, 4) is 0 Å². The number of likely N-dealkylation sites (tertiary alicyclic amines) is 4. The van der Waals surface area contributed by atoms with E-state index in [1.807, 2.05) is 13.0 Å². The number of benzene rings is 6. The number of nitrogens with one attached hydrogen (secondary N) is 1. The summed E-state index contributed by atoms with van der Waals surface area (Å²) < 4.78 is 0. The summed E-state index contributed by atoms with van der Waals surface area (Å²) in [6.45, 7) is 20.1. The van der Waals surface area contributed by atoms with Crippen molar-refractivity contribution in [1.29, 1.82) is 0 Å². The number of para-hydroxylation sites is 2. The van der Waals surface area contributed by atoms with E-state index in [1.54, 1.807) is 0 Å². The molecule has 4 heterocycles. The molecule has 0 spiro atoms. The molecular weight excluding hydrogens is 857 g/mol. The number of hydrogen-bond acceptors (Lipinski definition) is 6. The zero-order valence-corrected chi connectivity index (χ0v) is 42.3. The van der Waals surface area contributed by atoms with Gasteiger partial charge in [-0.15, -0.1) is 0 Å². The standard InChI is InChI=1S/C33H41N3O.C30H37N3/c1-3-32(37)36(31-17-11-6-12-18-31)27(2)33-25-34(21-19-28-13-7-4-8-14-28)22-20-30(33)24-35(26-33)23-29-15-9-5-10-16-29;1-25(31-29-15-9-4-10-16-29)30-23-32(19-17-26-11-5-2-6-12-26)20-18-28(30)22-33(24-30)21-27-13-7-3-8-14-27/h4-18,27,30H,3,19-26H2,1-2H3;2-16,25,28,31H,17-24H2,1H3. The molecule has 4 fully saturated rings. The quantitative estimate of drug-likeness (QED) is 0.0983. The van der Waals surface area contributed by atoms with Crippen molar-refractivity contribution in [3.63, 3.8) is 0 Å². The predicted molar refractivity (Wildman–Crippen MR) is 291 cm³/mol. The van der Waals surface area contributed by atoms with Crippen LogP contribution in [-0.2, 0) is 30.7 Å². The molecule has 4 saturated heterocycles. The number of anilines is 2. The lowest BCUT2D eigenvalue weighted by Crippen LogP contribution is -2.60. The smallest absolute Gasteiger partial charge is 0.226 e. The number of piperidine rings is 2. The van der Waals surface area contributed by atoms with Gasteiger partial charge in [0.1, 0.15) is 0 Å². The van der Waals surface area contributed by atoms with Crippen LogP contribution in [0.15, 0.2) is 182 Å². The lowest BCUT2D eigenvalue weighted by Gasteiger charge is -2.51. The van der Waals surface area contributed by atoms with Crippen LogP contribution in [0, 0.1) is 22.7 Å². The lowest BCUT2D eigenvalue weighted by atomic mass is 9.68. The summed E-state index contributed by atoms with van der Waals surface area (Å²) in [7, 11) is 0. The first-order valence-corrected chi connectivity index (χ1v) is 26.5. The molecule has 7 heteroatoms. The summed E-state index contributed by atoms with van der Waals surface area (Å²) in [5.74, 6) is 1.53. The van der Waals surface area contributed by atoms with E-state index in [2.05, 4.69) is 220 Å². The van der Waals surface area contributed by atoms with E-state index >= 15 is 0 Å². The van der Waals surface area contributed by atoms with Gasteiger partial charge >= 0.3 is 0 Å². The van der Waals surface area contributed by atoms with Gasteiger partial charge < -0.3 is 20.0 Å². The van der Waals surface area contributed by atoms with Gasteiger partial charge in [-0.3, -0.25) is 14.6 Å². The molecule has 4 aliphatic rings. The Morgan fingerprint density at radius 1 is 0.529 bits per heavy atom. The van der Waals surface area contributed by atoms with E-state index < -0.39 is 0 Å². The van der Waals surface area contributed by atoms with E-state index in [0.29, 0.717) is 18.4 Å². The van der Waals surface area contributed by atoms with Gasteiger partial charge in [0.25, 0.3) is 0 Å². The maximum atomic E-state index is 13.4. The van der Waals surface area contributed by atoms with E-state index in [-0.39, 0.29) is 22.8 Å². The average molecular weight is 935 g/mol. The van der Waals surface area contributed by atoms with Crippen molar-refractivity contribution in [1.82, 2.24) is 19.6 Å². The zero-order chi connectivity index (χ0) is 48.2. The zero-order valence-electron chi connectivity index (χ0n) is 42.3. The van der Waals surface area contributed by atoms with Crippen molar-refractivity contribution in [2.45, 2.75) is 78.0 Å². The third-order valence-electron chi connectivity index (χ3n) is 16.7. The van der Waals surface area contributed by atoms with Crippen LogP contribution in [0.4, 0.5) is 11.4 Å². The normalized spacial score (nSPS) is 23.6. The molecule has 6 atom stereocenters. The first-order valence-electron chi connectivity index (χ1n) is 26.5. The van der Waals surface area contributed by atoms with Crippen molar-refractivity contribution < 1.29 is 4.79 Å². The molecular formula is C63H78N6O. The fraction of sp³-hybridized carbons (Fsp3) is 0.413. The van der Waals surface area contributed by atoms with Crippen LogP contribution >= 0.6 is 0 Å². The van der Waals surface area contributed by atoms with Gasteiger partial charge in [0.05, 0.1) is 0 Å².